The fourth-order valence-electron chi connectivity index (χ4n) is 2.43. The first-order chi connectivity index (χ1) is 6.00. The second-order valence-corrected chi connectivity index (χ2v) is 4.50. The third-order valence-corrected chi connectivity index (χ3v) is 3.40. The lowest BCUT2D eigenvalue weighted by Gasteiger charge is -2.29. The number of rotatable bonds is 2. The van der Waals surface area contributed by atoms with Crippen LogP contribution < -0.4 is 5.06 Å². The smallest absolute Gasteiger partial charge is 0.314 e. The zero-order valence-electron chi connectivity index (χ0n) is 8.16. The molecule has 1 aliphatic carbocycles. The van der Waals surface area contributed by atoms with Crippen LogP contribution in [0, 0.1) is 22.5 Å². The van der Waals surface area contributed by atoms with Gasteiger partial charge in [0.25, 0.3) is 0 Å². The maximum atomic E-state index is 11.4. The second-order valence-electron chi connectivity index (χ2n) is 4.50. The van der Waals surface area contributed by atoms with Gasteiger partial charge >= 0.3 is 5.97 Å². The molecule has 0 aromatic rings. The van der Waals surface area contributed by atoms with Gasteiger partial charge in [-0.2, -0.15) is 0 Å². The zero-order chi connectivity index (χ0) is 9.80. The van der Waals surface area contributed by atoms with Crippen molar-refractivity contribution in [2.24, 2.45) is 17.3 Å². The molecule has 4 unspecified atom stereocenters. The minimum absolute atomic E-state index is 0.00910. The van der Waals surface area contributed by atoms with Crippen LogP contribution in [-0.2, 0) is 9.53 Å². The molecule has 1 heterocycles. The van der Waals surface area contributed by atoms with E-state index in [4.69, 9.17) is 4.74 Å². The number of hydrogen-bond acceptors (Lipinski definition) is 3. The third kappa shape index (κ3) is 1.02. The Morgan fingerprint density at radius 2 is 2.23 bits per heavy atom. The van der Waals surface area contributed by atoms with Crippen molar-refractivity contribution < 1.29 is 14.6 Å². The van der Waals surface area contributed by atoms with E-state index in [9.17, 15) is 10.0 Å². The molecule has 2 rings (SSSR count). The number of cyclic esters (lactones) is 1. The van der Waals surface area contributed by atoms with E-state index in [1.54, 1.807) is 6.92 Å². The van der Waals surface area contributed by atoms with Crippen LogP contribution in [-0.4, -0.2) is 18.7 Å². The van der Waals surface area contributed by atoms with E-state index in [0.717, 1.165) is 0 Å². The standard InChI is InChI=1S/C9H15NO3/c1-4-10(12)7-5-6(8(11)13-7)9(5,2)3/h5-7,10H,4H2,1-3H3. The molecule has 74 valence electrons. The predicted octanol–water partition coefficient (Wildman–Crippen LogP) is -0.456. The molecule has 2 fully saturated rings. The Labute approximate surface area is 77.4 Å². The Kier molecular flexibility index (Phi) is 1.69. The monoisotopic (exact) mass is 185 g/mol. The van der Waals surface area contributed by atoms with Crippen LogP contribution in [0.2, 0.25) is 0 Å². The van der Waals surface area contributed by atoms with Gasteiger partial charge in [-0.1, -0.05) is 13.8 Å². The fourth-order valence-corrected chi connectivity index (χ4v) is 2.43. The van der Waals surface area contributed by atoms with Gasteiger partial charge in [-0.25, -0.2) is 0 Å². The van der Waals surface area contributed by atoms with Crippen LogP contribution in [0.1, 0.15) is 20.8 Å². The van der Waals surface area contributed by atoms with Crippen LogP contribution in [0.3, 0.4) is 0 Å². The number of carbonyl (C=O) groups excluding carboxylic acids is 1. The average Bonchev–Trinajstić information content (AvgIpc) is 2.44. The molecule has 0 aromatic carbocycles. The maximum absolute atomic E-state index is 11.4. The first-order valence-corrected chi connectivity index (χ1v) is 4.73. The highest BCUT2D eigenvalue weighted by molar-refractivity contribution is 5.80. The summed E-state index contributed by atoms with van der Waals surface area (Å²) in [4.78, 5) is 11.3. The zero-order valence-corrected chi connectivity index (χ0v) is 8.16. The molecule has 13 heavy (non-hydrogen) atoms. The Bertz CT molecular complexity index is 251. The number of fused-ring (bicyclic) bond motifs is 1. The van der Waals surface area contributed by atoms with E-state index in [1.165, 1.54) is 0 Å². The van der Waals surface area contributed by atoms with Gasteiger partial charge in [0.15, 0.2) is 0 Å². The third-order valence-electron chi connectivity index (χ3n) is 3.40. The van der Waals surface area contributed by atoms with Crippen molar-refractivity contribution in [1.29, 1.82) is 0 Å². The van der Waals surface area contributed by atoms with Crippen molar-refractivity contribution >= 4 is 5.97 Å². The number of quaternary nitrogens is 1. The molecule has 0 aromatic heterocycles. The van der Waals surface area contributed by atoms with Gasteiger partial charge in [0, 0.05) is 0 Å². The molecular weight excluding hydrogens is 170 g/mol. The van der Waals surface area contributed by atoms with Gasteiger partial charge in [0.05, 0.1) is 18.4 Å². The lowest BCUT2D eigenvalue weighted by atomic mass is 10.1. The summed E-state index contributed by atoms with van der Waals surface area (Å²) in [6.07, 6.45) is -0.447. The van der Waals surface area contributed by atoms with Crippen molar-refractivity contribution in [1.82, 2.24) is 0 Å². The van der Waals surface area contributed by atoms with Gasteiger partial charge in [0.1, 0.15) is 0 Å². The Morgan fingerprint density at radius 1 is 1.62 bits per heavy atom. The summed E-state index contributed by atoms with van der Waals surface area (Å²) in [7, 11) is 0. The predicted molar refractivity (Wildman–Crippen MR) is 45.5 cm³/mol. The van der Waals surface area contributed by atoms with E-state index < -0.39 is 6.23 Å². The molecule has 0 bridgehead atoms. The highest BCUT2D eigenvalue weighted by Crippen LogP contribution is 2.63. The number of hydroxylamine groups is 2. The molecule has 4 nitrogen and oxygen atoms in total. The Hall–Kier alpha value is -0.610. The van der Waals surface area contributed by atoms with Gasteiger partial charge < -0.3 is 15.0 Å². The maximum Gasteiger partial charge on any atom is 0.314 e. The lowest BCUT2D eigenvalue weighted by molar-refractivity contribution is -0.898. The summed E-state index contributed by atoms with van der Waals surface area (Å²) >= 11 is 0. The van der Waals surface area contributed by atoms with Crippen molar-refractivity contribution in [3.05, 3.63) is 5.21 Å². The van der Waals surface area contributed by atoms with Crippen LogP contribution in [0.4, 0.5) is 0 Å². The summed E-state index contributed by atoms with van der Waals surface area (Å²) in [5, 5.41) is 11.5. The summed E-state index contributed by atoms with van der Waals surface area (Å²) in [5.74, 6) is -0.0535. The molecule has 1 aliphatic heterocycles. The fraction of sp³-hybridized carbons (Fsp3) is 0.889. The topological polar surface area (TPSA) is 53.8 Å². The van der Waals surface area contributed by atoms with Crippen molar-refractivity contribution in [3.63, 3.8) is 0 Å². The van der Waals surface area contributed by atoms with E-state index in [1.807, 2.05) is 13.8 Å². The SMILES string of the molecule is CC[NH+]([O-])C1OC(=O)C2C1C2(C)C. The molecule has 4 atom stereocenters. The molecule has 0 amide bonds. The lowest BCUT2D eigenvalue weighted by Crippen LogP contribution is -3.11. The normalized spacial score (nSPS) is 42.5. The highest BCUT2D eigenvalue weighted by atomic mass is 16.6. The van der Waals surface area contributed by atoms with Crippen LogP contribution in [0.15, 0.2) is 0 Å². The van der Waals surface area contributed by atoms with Crippen molar-refractivity contribution in [2.75, 3.05) is 6.54 Å². The molecular formula is C9H15NO3. The van der Waals surface area contributed by atoms with Crippen LogP contribution >= 0.6 is 0 Å². The summed E-state index contributed by atoms with van der Waals surface area (Å²) in [6, 6.07) is 0. The van der Waals surface area contributed by atoms with E-state index in [-0.39, 0.29) is 28.3 Å². The van der Waals surface area contributed by atoms with Crippen molar-refractivity contribution in [2.45, 2.75) is 27.0 Å². The Balaban J connectivity index is 2.14. The first-order valence-electron chi connectivity index (χ1n) is 4.73. The number of nitrogens with one attached hydrogen (secondary N) is 1. The number of hydrogen-bond donors (Lipinski definition) is 1. The Morgan fingerprint density at radius 3 is 2.62 bits per heavy atom. The first kappa shape index (κ1) is 8.97. The van der Waals surface area contributed by atoms with E-state index in [2.05, 4.69) is 0 Å². The molecule has 1 saturated heterocycles. The molecule has 0 spiro atoms. The second kappa shape index (κ2) is 2.45. The quantitative estimate of drug-likeness (QED) is 0.468. The summed E-state index contributed by atoms with van der Waals surface area (Å²) < 4.78 is 5.02. The molecule has 0 radical (unpaired) electrons. The van der Waals surface area contributed by atoms with Crippen LogP contribution in [0.25, 0.3) is 0 Å². The highest BCUT2D eigenvalue weighted by Gasteiger charge is 2.73. The number of ether oxygens (including phenoxy) is 1. The minimum atomic E-state index is -0.447. The summed E-state index contributed by atoms with van der Waals surface area (Å²) in [6.45, 7) is 6.31. The summed E-state index contributed by atoms with van der Waals surface area (Å²) in [5.41, 5.74) is -0.00910. The molecule has 1 saturated carbocycles. The molecule has 1 N–H and O–H groups in total. The van der Waals surface area contributed by atoms with Gasteiger partial charge in [-0.3, -0.25) is 4.79 Å². The van der Waals surface area contributed by atoms with Gasteiger partial charge in [-0.05, 0) is 12.3 Å². The molecule has 4 heteroatoms. The van der Waals surface area contributed by atoms with Gasteiger partial charge in [0.2, 0.25) is 6.23 Å². The van der Waals surface area contributed by atoms with Crippen LogP contribution in [0.5, 0.6) is 0 Å². The average molecular weight is 185 g/mol. The van der Waals surface area contributed by atoms with Crippen molar-refractivity contribution in [3.8, 4) is 0 Å². The van der Waals surface area contributed by atoms with E-state index >= 15 is 0 Å². The van der Waals surface area contributed by atoms with E-state index in [0.29, 0.717) is 6.54 Å². The van der Waals surface area contributed by atoms with Gasteiger partial charge in [-0.15, -0.1) is 0 Å². The largest absolute Gasteiger partial charge is 0.632 e. The number of esters is 1. The minimum Gasteiger partial charge on any atom is -0.632 e. The molecule has 2 aliphatic rings. The number of carbonyl (C=O) groups is 1.